The van der Waals surface area contributed by atoms with Crippen molar-refractivity contribution in [1.29, 1.82) is 0 Å². The second-order valence-electron chi connectivity index (χ2n) is 21.1. The number of unbranched alkanes of at least 4 members (excludes halogenated alkanes) is 4. The molecule has 0 saturated heterocycles. The molecular weight excluding hydrogens is 1000 g/mol. The molecule has 0 fully saturated rings. The number of rotatable bonds is 28. The summed E-state index contributed by atoms with van der Waals surface area (Å²) in [6, 6.07) is 24.3. The molecule has 4 atom stereocenters. The van der Waals surface area contributed by atoms with E-state index in [4.69, 9.17) is 58.8 Å². The molecule has 3 aromatic heterocycles. The van der Waals surface area contributed by atoms with Gasteiger partial charge in [0.1, 0.15) is 23.0 Å². The molecular formula is C64H80CoN8O4. The second-order valence-corrected chi connectivity index (χ2v) is 21.1. The van der Waals surface area contributed by atoms with Gasteiger partial charge in [-0.3, -0.25) is 0 Å². The molecule has 2 aliphatic heterocycles. The smallest absolute Gasteiger partial charge is 0.493 e. The first-order valence-electron chi connectivity index (χ1n) is 29.1. The van der Waals surface area contributed by atoms with Gasteiger partial charge in [0.05, 0.1) is 60.9 Å². The molecule has 0 N–H and O–H groups in total. The summed E-state index contributed by atoms with van der Waals surface area (Å²) in [6.07, 6.45) is 17.7. The summed E-state index contributed by atoms with van der Waals surface area (Å²) >= 11 is 0. The first-order valence-corrected chi connectivity index (χ1v) is 29.1. The average molecular weight is 1080 g/mol. The minimum Gasteiger partial charge on any atom is -0.493 e. The maximum Gasteiger partial charge on any atom is 2.00 e. The van der Waals surface area contributed by atoms with Crippen molar-refractivity contribution >= 4 is 44.1 Å². The van der Waals surface area contributed by atoms with Gasteiger partial charge in [-0.2, -0.15) is 0 Å². The maximum atomic E-state index is 6.84. The molecule has 0 saturated carbocycles. The zero-order valence-electron chi connectivity index (χ0n) is 46.9. The Morgan fingerprint density at radius 2 is 0.675 bits per heavy atom. The SMILES string of the molecule is CCCCC(CC)COc1cccc2c1-c1nc-2nc2[n-]c(nc3nc(nc4[n-]c(n1)c1cccc(OCC(CC)CCCC)c41)-c1c(OCC(CC)CCCC)cccc1-3)c1c(OCC(CC)CCCC)cccc21.[Co+2]. The summed E-state index contributed by atoms with van der Waals surface area (Å²) < 4.78 is 27.3. The predicted octanol–water partition coefficient (Wildman–Crippen LogP) is 16.5. The van der Waals surface area contributed by atoms with Crippen LogP contribution >= 0.6 is 0 Å². The van der Waals surface area contributed by atoms with Gasteiger partial charge in [0.15, 0.2) is 0 Å². The fourth-order valence-corrected chi connectivity index (χ4v) is 10.6. The van der Waals surface area contributed by atoms with Gasteiger partial charge in [0, 0.05) is 44.5 Å². The van der Waals surface area contributed by atoms with Gasteiger partial charge in [-0.15, -0.1) is 0 Å². The van der Waals surface area contributed by atoms with E-state index in [-0.39, 0.29) is 16.8 Å². The summed E-state index contributed by atoms with van der Waals surface area (Å²) in [4.78, 5) is 42.8. The number of nitrogens with zero attached hydrogens (tertiary/aromatic N) is 8. The van der Waals surface area contributed by atoms with E-state index in [1.54, 1.807) is 0 Å². The van der Waals surface area contributed by atoms with Crippen molar-refractivity contribution in [3.05, 3.63) is 72.8 Å². The van der Waals surface area contributed by atoms with Crippen LogP contribution in [0.3, 0.4) is 0 Å². The summed E-state index contributed by atoms with van der Waals surface area (Å²) in [6.45, 7) is 20.2. The fourth-order valence-electron chi connectivity index (χ4n) is 10.6. The molecule has 77 heavy (non-hydrogen) atoms. The summed E-state index contributed by atoms with van der Waals surface area (Å²) in [5.74, 6) is 6.25. The van der Waals surface area contributed by atoms with E-state index < -0.39 is 0 Å². The third-order valence-electron chi connectivity index (χ3n) is 15.7. The van der Waals surface area contributed by atoms with Crippen LogP contribution in [0.25, 0.3) is 89.7 Å². The molecule has 0 spiro atoms. The van der Waals surface area contributed by atoms with Gasteiger partial charge >= 0.3 is 16.8 Å². The standard InChI is InChI=1S/C64H80N8O4.Co/c1-9-17-25-41(13-5)37-73-49-33-21-29-45-53(49)61-66-57(45)65-58-46-30-22-34-50(74-38-42(14-6)26-18-10-2)54(46)62(67-58)69-60-48-32-24-36-52(76-40-44(16-8)28-20-12-4)56(48)64(71-60)72-63-55-47(59(68-61)70-63)31-23-35-51(55)75-39-43(15-7)27-19-11-3;/h21-24,29-36,41-44H,9-20,25-28,37-40H2,1-8H3;/q-2;+2. The van der Waals surface area contributed by atoms with Gasteiger partial charge < -0.3 is 48.9 Å². The van der Waals surface area contributed by atoms with Gasteiger partial charge in [0.2, 0.25) is 0 Å². The minimum atomic E-state index is 0. The van der Waals surface area contributed by atoms with Crippen LogP contribution in [-0.4, -0.2) is 56.3 Å². The van der Waals surface area contributed by atoms with Crippen molar-refractivity contribution < 1.29 is 35.7 Å². The minimum absolute atomic E-state index is 0. The van der Waals surface area contributed by atoms with Gasteiger partial charge in [-0.1, -0.05) is 181 Å². The van der Waals surface area contributed by atoms with Crippen LogP contribution in [0.2, 0.25) is 0 Å². The molecule has 2 aliphatic rings. The molecule has 7 aromatic rings. The molecule has 12 nitrogen and oxygen atoms in total. The van der Waals surface area contributed by atoms with Gasteiger partial charge in [0.25, 0.3) is 0 Å². The van der Waals surface area contributed by atoms with Crippen molar-refractivity contribution in [2.24, 2.45) is 23.7 Å². The number of aromatic nitrogens is 8. The zero-order valence-corrected chi connectivity index (χ0v) is 48.0. The van der Waals surface area contributed by atoms with E-state index in [1.807, 2.05) is 72.8 Å². The van der Waals surface area contributed by atoms with E-state index in [2.05, 4.69) is 55.4 Å². The molecule has 1 radical (unpaired) electrons. The van der Waals surface area contributed by atoms with Gasteiger partial charge in [-0.25, -0.2) is 9.97 Å². The summed E-state index contributed by atoms with van der Waals surface area (Å²) in [5.41, 5.74) is 4.94. The predicted molar refractivity (Wildman–Crippen MR) is 309 cm³/mol. The first kappa shape index (κ1) is 57.1. The Kier molecular flexibility index (Phi) is 20.4. The Morgan fingerprint density at radius 1 is 0.364 bits per heavy atom. The van der Waals surface area contributed by atoms with Crippen molar-refractivity contribution in [3.63, 3.8) is 0 Å². The Bertz CT molecular complexity index is 3240. The van der Waals surface area contributed by atoms with Crippen molar-refractivity contribution in [1.82, 2.24) is 39.9 Å². The van der Waals surface area contributed by atoms with Crippen molar-refractivity contribution in [2.75, 3.05) is 26.4 Å². The largest absolute Gasteiger partial charge is 2.00 e. The Balaban J connectivity index is 0.00000784. The monoisotopic (exact) mass is 1080 g/mol. The summed E-state index contributed by atoms with van der Waals surface area (Å²) in [5, 5.41) is 3.11. The Morgan fingerprint density at radius 3 is 1.04 bits per heavy atom. The topological polar surface area (TPSA) is 142 Å². The molecule has 5 heterocycles. The van der Waals surface area contributed by atoms with Crippen LogP contribution in [0.15, 0.2) is 72.8 Å². The van der Waals surface area contributed by atoms with Crippen LogP contribution in [0, 0.1) is 23.7 Å². The molecule has 8 bridgehead atoms. The van der Waals surface area contributed by atoms with Crippen molar-refractivity contribution in [3.8, 4) is 68.5 Å². The van der Waals surface area contributed by atoms with E-state index in [9.17, 15) is 0 Å². The molecule has 409 valence electrons. The zero-order chi connectivity index (χ0) is 53.0. The van der Waals surface area contributed by atoms with Crippen LogP contribution in [0.5, 0.6) is 23.0 Å². The first-order chi connectivity index (χ1) is 37.3. The van der Waals surface area contributed by atoms with Gasteiger partial charge in [-0.05, 0) is 84.4 Å². The Labute approximate surface area is 467 Å². The van der Waals surface area contributed by atoms with E-state index in [1.165, 1.54) is 0 Å². The average Bonchev–Trinajstić information content (AvgIpc) is 4.20. The van der Waals surface area contributed by atoms with Crippen molar-refractivity contribution in [2.45, 2.75) is 158 Å². The van der Waals surface area contributed by atoms with Crippen LogP contribution in [0.4, 0.5) is 0 Å². The third kappa shape index (κ3) is 12.9. The number of hydrogen-bond acceptors (Lipinski definition) is 10. The van der Waals surface area contributed by atoms with E-state index >= 15 is 0 Å². The molecule has 0 amide bonds. The van der Waals surface area contributed by atoms with E-state index in [0.717, 1.165) is 147 Å². The summed E-state index contributed by atoms with van der Waals surface area (Å²) in [7, 11) is 0. The Hall–Kier alpha value is -6.05. The second kappa shape index (κ2) is 27.5. The van der Waals surface area contributed by atoms with Crippen LogP contribution < -0.4 is 28.9 Å². The maximum absolute atomic E-state index is 6.84. The fraction of sp³-hybridized carbons (Fsp3) is 0.500. The molecule has 0 aliphatic carbocycles. The quantitative estimate of drug-likeness (QED) is 0.0461. The third-order valence-corrected chi connectivity index (χ3v) is 15.7. The molecule has 9 rings (SSSR count). The number of hydrogen-bond donors (Lipinski definition) is 0. The normalized spacial score (nSPS) is 13.4. The number of fused-ring (bicyclic) bond motifs is 20. The van der Waals surface area contributed by atoms with E-state index in [0.29, 0.717) is 119 Å². The molecule has 4 unspecified atom stereocenters. The number of benzene rings is 4. The molecule has 4 aromatic carbocycles. The molecule has 13 heteroatoms. The van der Waals surface area contributed by atoms with Crippen LogP contribution in [0.1, 0.15) is 158 Å². The number of ether oxygens (including phenoxy) is 4. The van der Waals surface area contributed by atoms with Crippen LogP contribution in [-0.2, 0) is 16.8 Å².